The van der Waals surface area contributed by atoms with Crippen molar-refractivity contribution < 1.29 is 13.9 Å². The molecular weight excluding hydrogens is 259 g/mol. The van der Waals surface area contributed by atoms with Crippen molar-refractivity contribution in [2.24, 2.45) is 0 Å². The largest absolute Gasteiger partial charge is 0.481 e. The number of hydrogen-bond acceptors (Lipinski definition) is 3. The third-order valence-corrected chi connectivity index (χ3v) is 3.48. The summed E-state index contributed by atoms with van der Waals surface area (Å²) >= 11 is 0. The first kappa shape index (κ1) is 14.8. The predicted octanol–water partition coefficient (Wildman–Crippen LogP) is 2.15. The highest BCUT2D eigenvalue weighted by Gasteiger charge is 2.26. The molecule has 2 rings (SSSR count). The van der Waals surface area contributed by atoms with E-state index in [2.05, 4.69) is 10.6 Å². The van der Waals surface area contributed by atoms with Crippen LogP contribution in [0.5, 0.6) is 5.75 Å². The summed E-state index contributed by atoms with van der Waals surface area (Å²) in [5.41, 5.74) is 0.579. The van der Waals surface area contributed by atoms with E-state index in [4.69, 9.17) is 4.74 Å². The van der Waals surface area contributed by atoms with E-state index in [0.717, 1.165) is 12.8 Å². The van der Waals surface area contributed by atoms with Crippen molar-refractivity contribution in [3.63, 3.8) is 0 Å². The molecular formula is C15H21FN2O2. The third-order valence-electron chi connectivity index (χ3n) is 3.48. The zero-order chi connectivity index (χ0) is 14.7. The minimum atomic E-state index is -0.623. The summed E-state index contributed by atoms with van der Waals surface area (Å²) in [4.78, 5) is 11.8. The van der Waals surface area contributed by atoms with E-state index in [0.29, 0.717) is 17.4 Å². The number of carbonyl (C=O) groups is 1. The molecule has 0 aromatic heterocycles. The maximum absolute atomic E-state index is 13.9. The first-order valence-corrected chi connectivity index (χ1v) is 6.95. The lowest BCUT2D eigenvalue weighted by Gasteiger charge is -2.16. The van der Waals surface area contributed by atoms with Crippen LogP contribution in [0, 0.1) is 5.82 Å². The second-order valence-corrected chi connectivity index (χ2v) is 5.24. The van der Waals surface area contributed by atoms with E-state index in [1.165, 1.54) is 6.07 Å². The van der Waals surface area contributed by atoms with E-state index < -0.39 is 6.10 Å². The Kier molecular flexibility index (Phi) is 4.60. The fourth-order valence-electron chi connectivity index (χ4n) is 1.89. The Morgan fingerprint density at radius 2 is 2.10 bits per heavy atom. The van der Waals surface area contributed by atoms with Gasteiger partial charge in [0.15, 0.2) is 6.10 Å². The van der Waals surface area contributed by atoms with Crippen LogP contribution in [0.1, 0.15) is 38.3 Å². The van der Waals surface area contributed by atoms with Crippen molar-refractivity contribution in [2.45, 2.75) is 44.9 Å². The maximum Gasteiger partial charge on any atom is 0.260 e. The Balaban J connectivity index is 1.98. The Morgan fingerprint density at radius 3 is 2.65 bits per heavy atom. The Hall–Kier alpha value is -1.62. The minimum Gasteiger partial charge on any atom is -0.481 e. The van der Waals surface area contributed by atoms with Gasteiger partial charge in [-0.25, -0.2) is 4.39 Å². The summed E-state index contributed by atoms with van der Waals surface area (Å²) in [6.45, 7) is 3.55. The lowest BCUT2D eigenvalue weighted by molar-refractivity contribution is -0.127. The zero-order valence-corrected chi connectivity index (χ0v) is 12.1. The van der Waals surface area contributed by atoms with Gasteiger partial charge in [-0.3, -0.25) is 4.79 Å². The molecule has 1 aromatic carbocycles. The molecule has 1 aromatic rings. The molecule has 0 spiro atoms. The Bertz CT molecular complexity index is 489. The molecule has 0 bridgehead atoms. The molecule has 0 radical (unpaired) electrons. The van der Waals surface area contributed by atoms with E-state index >= 15 is 0 Å². The van der Waals surface area contributed by atoms with E-state index in [9.17, 15) is 9.18 Å². The number of halogens is 1. The fourth-order valence-corrected chi connectivity index (χ4v) is 1.89. The fraction of sp³-hybridized carbons (Fsp3) is 0.533. The molecule has 2 N–H and O–H groups in total. The second-order valence-electron chi connectivity index (χ2n) is 5.24. The van der Waals surface area contributed by atoms with Crippen LogP contribution in [-0.4, -0.2) is 25.1 Å². The van der Waals surface area contributed by atoms with Gasteiger partial charge in [-0.15, -0.1) is 0 Å². The van der Waals surface area contributed by atoms with E-state index in [1.54, 1.807) is 26.1 Å². The molecule has 1 saturated carbocycles. The number of rotatable bonds is 6. The van der Waals surface area contributed by atoms with Gasteiger partial charge in [0.1, 0.15) is 11.6 Å². The molecule has 2 unspecified atom stereocenters. The van der Waals surface area contributed by atoms with Gasteiger partial charge in [-0.05, 0) is 39.8 Å². The highest BCUT2D eigenvalue weighted by atomic mass is 19.1. The van der Waals surface area contributed by atoms with Crippen LogP contribution >= 0.6 is 0 Å². The number of amides is 1. The van der Waals surface area contributed by atoms with Crippen LogP contribution in [0.4, 0.5) is 4.39 Å². The van der Waals surface area contributed by atoms with Gasteiger partial charge >= 0.3 is 0 Å². The molecule has 1 fully saturated rings. The summed E-state index contributed by atoms with van der Waals surface area (Å²) in [5, 5.41) is 5.84. The average Bonchev–Trinajstić information content (AvgIpc) is 3.22. The van der Waals surface area contributed by atoms with Crippen molar-refractivity contribution >= 4 is 5.91 Å². The molecule has 2 atom stereocenters. The second kappa shape index (κ2) is 6.22. The first-order valence-electron chi connectivity index (χ1n) is 6.95. The van der Waals surface area contributed by atoms with Gasteiger partial charge in [-0.1, -0.05) is 6.07 Å². The van der Waals surface area contributed by atoms with Crippen LogP contribution < -0.4 is 15.4 Å². The highest BCUT2D eigenvalue weighted by Crippen LogP contribution is 2.23. The molecule has 0 saturated heterocycles. The number of nitrogens with one attached hydrogen (secondary N) is 2. The van der Waals surface area contributed by atoms with Gasteiger partial charge in [0.05, 0.1) is 0 Å². The SMILES string of the molecule is CNC(C)c1ccc(OC(C)C(=O)NC2CC2)cc1F. The maximum atomic E-state index is 13.9. The van der Waals surface area contributed by atoms with Crippen molar-refractivity contribution in [3.8, 4) is 5.75 Å². The first-order chi connectivity index (χ1) is 9.51. The zero-order valence-electron chi connectivity index (χ0n) is 12.1. The van der Waals surface area contributed by atoms with Crippen LogP contribution in [0.2, 0.25) is 0 Å². The number of ether oxygens (including phenoxy) is 1. The molecule has 5 heteroatoms. The van der Waals surface area contributed by atoms with Crippen LogP contribution in [0.15, 0.2) is 18.2 Å². The molecule has 110 valence electrons. The minimum absolute atomic E-state index is 0.0698. The predicted molar refractivity (Wildman–Crippen MR) is 75.1 cm³/mol. The lowest BCUT2D eigenvalue weighted by atomic mass is 10.1. The number of carbonyl (C=O) groups excluding carboxylic acids is 1. The Labute approximate surface area is 118 Å². The normalized spacial score (nSPS) is 17.4. The molecule has 1 amide bonds. The smallest absolute Gasteiger partial charge is 0.260 e. The van der Waals surface area contributed by atoms with Gasteiger partial charge in [-0.2, -0.15) is 0 Å². The summed E-state index contributed by atoms with van der Waals surface area (Å²) in [6.07, 6.45) is 1.44. The monoisotopic (exact) mass is 280 g/mol. The molecule has 0 heterocycles. The Morgan fingerprint density at radius 1 is 1.40 bits per heavy atom. The molecule has 20 heavy (non-hydrogen) atoms. The van der Waals surface area contributed by atoms with Gasteiger partial charge in [0.2, 0.25) is 0 Å². The van der Waals surface area contributed by atoms with Crippen LogP contribution in [0.25, 0.3) is 0 Å². The lowest BCUT2D eigenvalue weighted by Crippen LogP contribution is -2.37. The van der Waals surface area contributed by atoms with Gasteiger partial charge < -0.3 is 15.4 Å². The molecule has 4 nitrogen and oxygen atoms in total. The van der Waals surface area contributed by atoms with Gasteiger partial charge in [0.25, 0.3) is 5.91 Å². The third kappa shape index (κ3) is 3.70. The number of hydrogen-bond donors (Lipinski definition) is 2. The van der Waals surface area contributed by atoms with Gasteiger partial charge in [0, 0.05) is 23.7 Å². The number of benzene rings is 1. The van der Waals surface area contributed by atoms with Crippen molar-refractivity contribution in [3.05, 3.63) is 29.6 Å². The highest BCUT2D eigenvalue weighted by molar-refractivity contribution is 5.81. The summed E-state index contributed by atoms with van der Waals surface area (Å²) in [7, 11) is 1.78. The molecule has 1 aliphatic rings. The standard InChI is InChI=1S/C15H21FN2O2/c1-9(17-3)13-7-6-12(8-14(13)16)20-10(2)15(19)18-11-4-5-11/h6-11,17H,4-5H2,1-3H3,(H,18,19). The van der Waals surface area contributed by atoms with E-state index in [1.807, 2.05) is 6.92 Å². The van der Waals surface area contributed by atoms with E-state index in [-0.39, 0.29) is 17.8 Å². The molecule has 1 aliphatic carbocycles. The average molecular weight is 280 g/mol. The molecule has 0 aliphatic heterocycles. The van der Waals surface area contributed by atoms with Crippen molar-refractivity contribution in [1.82, 2.24) is 10.6 Å². The quantitative estimate of drug-likeness (QED) is 0.839. The van der Waals surface area contributed by atoms with Crippen molar-refractivity contribution in [2.75, 3.05) is 7.05 Å². The van der Waals surface area contributed by atoms with Crippen LogP contribution in [0.3, 0.4) is 0 Å². The topological polar surface area (TPSA) is 50.4 Å². The summed E-state index contributed by atoms with van der Waals surface area (Å²) in [5.74, 6) is -0.118. The summed E-state index contributed by atoms with van der Waals surface area (Å²) < 4.78 is 19.4. The van der Waals surface area contributed by atoms with Crippen molar-refractivity contribution in [1.29, 1.82) is 0 Å². The van der Waals surface area contributed by atoms with Crippen LogP contribution in [-0.2, 0) is 4.79 Å². The summed E-state index contributed by atoms with van der Waals surface area (Å²) in [6, 6.07) is 4.91.